The Kier molecular flexibility index (Phi) is 5.56. The van der Waals surface area contributed by atoms with Gasteiger partial charge >= 0.3 is 0 Å². The van der Waals surface area contributed by atoms with E-state index in [9.17, 15) is 4.79 Å². The second kappa shape index (κ2) is 7.63. The van der Waals surface area contributed by atoms with Crippen LogP contribution in [0.2, 0.25) is 0 Å². The number of nitrogens with zero attached hydrogens (tertiary/aromatic N) is 1. The fraction of sp³-hybridized carbons (Fsp3) is 0.235. The van der Waals surface area contributed by atoms with Gasteiger partial charge in [-0.2, -0.15) is 11.3 Å². The van der Waals surface area contributed by atoms with Crippen molar-refractivity contribution in [1.82, 2.24) is 4.90 Å². The van der Waals surface area contributed by atoms with Crippen molar-refractivity contribution in [1.29, 1.82) is 0 Å². The Hall–Kier alpha value is -2.09. The van der Waals surface area contributed by atoms with Crippen molar-refractivity contribution in [3.05, 3.63) is 57.8 Å². The number of thiophene rings is 1. The highest BCUT2D eigenvalue weighted by Crippen LogP contribution is 2.12. The summed E-state index contributed by atoms with van der Waals surface area (Å²) in [6.45, 7) is 0.620. The van der Waals surface area contributed by atoms with E-state index in [1.807, 2.05) is 41.1 Å². The average molecular weight is 299 g/mol. The van der Waals surface area contributed by atoms with E-state index in [-0.39, 0.29) is 12.5 Å². The Bertz CT molecular complexity index is 653. The molecule has 0 aliphatic carbocycles. The highest BCUT2D eigenvalue weighted by atomic mass is 32.1. The Morgan fingerprint density at radius 2 is 2.24 bits per heavy atom. The number of benzene rings is 1. The minimum atomic E-state index is 0.0213. The van der Waals surface area contributed by atoms with Crippen LogP contribution in [0.25, 0.3) is 0 Å². The van der Waals surface area contributed by atoms with Crippen molar-refractivity contribution >= 4 is 17.2 Å². The first-order valence-corrected chi connectivity index (χ1v) is 7.61. The first-order valence-electron chi connectivity index (χ1n) is 6.67. The topological polar surface area (TPSA) is 40.5 Å². The molecule has 0 aliphatic rings. The van der Waals surface area contributed by atoms with Crippen LogP contribution in [0, 0.1) is 11.8 Å². The van der Waals surface area contributed by atoms with E-state index in [0.717, 1.165) is 16.7 Å². The summed E-state index contributed by atoms with van der Waals surface area (Å²) in [7, 11) is 1.80. The van der Waals surface area contributed by atoms with Crippen LogP contribution in [0.15, 0.2) is 41.1 Å². The third-order valence-corrected chi connectivity index (χ3v) is 3.61. The van der Waals surface area contributed by atoms with Gasteiger partial charge < -0.3 is 10.0 Å². The van der Waals surface area contributed by atoms with Gasteiger partial charge in [-0.05, 0) is 29.1 Å². The lowest BCUT2D eigenvalue weighted by Gasteiger charge is -2.16. The molecule has 0 fully saturated rings. The first-order chi connectivity index (χ1) is 10.2. The normalized spacial score (nSPS) is 9.81. The van der Waals surface area contributed by atoms with Gasteiger partial charge in [-0.1, -0.05) is 24.0 Å². The molecule has 2 aromatic rings. The second-order valence-electron chi connectivity index (χ2n) is 4.65. The molecule has 3 nitrogen and oxygen atoms in total. The fourth-order valence-corrected chi connectivity index (χ4v) is 2.55. The molecule has 0 aliphatic heterocycles. The molecule has 108 valence electrons. The molecule has 0 saturated carbocycles. The minimum absolute atomic E-state index is 0.0213. The molecule has 1 aromatic carbocycles. The summed E-state index contributed by atoms with van der Waals surface area (Å²) in [6, 6.07) is 9.65. The maximum Gasteiger partial charge on any atom is 0.254 e. The number of aliphatic hydroxyl groups is 1. The fourth-order valence-electron chi connectivity index (χ4n) is 1.92. The lowest BCUT2D eigenvalue weighted by atomic mass is 10.1. The minimum Gasteiger partial charge on any atom is -0.395 e. The molecule has 0 spiro atoms. The van der Waals surface area contributed by atoms with Crippen molar-refractivity contribution in [3.63, 3.8) is 0 Å². The van der Waals surface area contributed by atoms with E-state index in [1.165, 1.54) is 11.3 Å². The van der Waals surface area contributed by atoms with Crippen LogP contribution in [0.3, 0.4) is 0 Å². The number of carbonyl (C=O) groups is 1. The third-order valence-electron chi connectivity index (χ3n) is 2.93. The van der Waals surface area contributed by atoms with Crippen LogP contribution in [-0.2, 0) is 6.54 Å². The van der Waals surface area contributed by atoms with Crippen LogP contribution in [0.5, 0.6) is 0 Å². The quantitative estimate of drug-likeness (QED) is 0.882. The molecule has 1 heterocycles. The highest BCUT2D eigenvalue weighted by Gasteiger charge is 2.12. The molecule has 21 heavy (non-hydrogen) atoms. The smallest absolute Gasteiger partial charge is 0.254 e. The van der Waals surface area contributed by atoms with Gasteiger partial charge in [0, 0.05) is 31.0 Å². The number of amides is 1. The summed E-state index contributed by atoms with van der Waals surface area (Å²) in [6.07, 6.45) is 0.473. The summed E-state index contributed by atoms with van der Waals surface area (Å²) in [5, 5.41) is 12.5. The summed E-state index contributed by atoms with van der Waals surface area (Å²) in [5.41, 5.74) is 2.66. The number of rotatable bonds is 4. The van der Waals surface area contributed by atoms with Crippen molar-refractivity contribution in [3.8, 4) is 11.8 Å². The van der Waals surface area contributed by atoms with E-state index in [2.05, 4.69) is 11.8 Å². The zero-order chi connectivity index (χ0) is 15.1. The SMILES string of the molecule is CN(Cc1cccc(C#CCCO)c1)C(=O)c1ccsc1. The van der Waals surface area contributed by atoms with Crippen molar-refractivity contribution in [2.75, 3.05) is 13.7 Å². The summed E-state index contributed by atoms with van der Waals surface area (Å²) in [5.74, 6) is 5.92. The van der Waals surface area contributed by atoms with Gasteiger partial charge in [-0.25, -0.2) is 0 Å². The molecule has 0 radical (unpaired) electrons. The summed E-state index contributed by atoms with van der Waals surface area (Å²) in [4.78, 5) is 13.9. The molecule has 4 heteroatoms. The predicted octanol–water partition coefficient (Wildman–Crippen LogP) is 2.75. The molecule has 1 N–H and O–H groups in total. The third kappa shape index (κ3) is 4.45. The highest BCUT2D eigenvalue weighted by molar-refractivity contribution is 7.08. The van der Waals surface area contributed by atoms with Gasteiger partial charge in [0.25, 0.3) is 5.91 Å². The van der Waals surface area contributed by atoms with Crippen molar-refractivity contribution in [2.45, 2.75) is 13.0 Å². The summed E-state index contributed by atoms with van der Waals surface area (Å²) < 4.78 is 0. The Balaban J connectivity index is 2.04. The Morgan fingerprint density at radius 3 is 2.95 bits per heavy atom. The largest absolute Gasteiger partial charge is 0.395 e. The van der Waals surface area contributed by atoms with Gasteiger partial charge in [-0.15, -0.1) is 0 Å². The molecular weight excluding hydrogens is 282 g/mol. The van der Waals surface area contributed by atoms with Crippen molar-refractivity contribution < 1.29 is 9.90 Å². The molecule has 1 aromatic heterocycles. The van der Waals surface area contributed by atoms with Crippen LogP contribution >= 0.6 is 11.3 Å². The summed E-state index contributed by atoms with van der Waals surface area (Å²) >= 11 is 1.52. The zero-order valence-corrected chi connectivity index (χ0v) is 12.7. The molecule has 0 bridgehead atoms. The number of aliphatic hydroxyl groups excluding tert-OH is 1. The number of hydrogen-bond donors (Lipinski definition) is 1. The van der Waals surface area contributed by atoms with E-state index in [0.29, 0.717) is 13.0 Å². The van der Waals surface area contributed by atoms with E-state index in [1.54, 1.807) is 11.9 Å². The molecule has 0 unspecified atom stereocenters. The van der Waals surface area contributed by atoms with Crippen LogP contribution < -0.4 is 0 Å². The lowest BCUT2D eigenvalue weighted by molar-refractivity contribution is 0.0785. The maximum atomic E-state index is 12.2. The molecule has 1 amide bonds. The lowest BCUT2D eigenvalue weighted by Crippen LogP contribution is -2.25. The van der Waals surface area contributed by atoms with Gasteiger partial charge in [-0.3, -0.25) is 4.79 Å². The predicted molar refractivity (Wildman–Crippen MR) is 85.1 cm³/mol. The number of carbonyl (C=O) groups excluding carboxylic acids is 1. The molecule has 2 rings (SSSR count). The maximum absolute atomic E-state index is 12.2. The van der Waals surface area contributed by atoms with Gasteiger partial charge in [0.15, 0.2) is 0 Å². The van der Waals surface area contributed by atoms with Gasteiger partial charge in [0.05, 0.1) is 12.2 Å². The van der Waals surface area contributed by atoms with Crippen molar-refractivity contribution in [2.24, 2.45) is 0 Å². The van der Waals surface area contributed by atoms with E-state index in [4.69, 9.17) is 5.11 Å². The first kappa shape index (κ1) is 15.3. The van der Waals surface area contributed by atoms with Gasteiger partial charge in [0.2, 0.25) is 0 Å². The van der Waals surface area contributed by atoms with Crippen LogP contribution in [0.1, 0.15) is 27.9 Å². The zero-order valence-electron chi connectivity index (χ0n) is 11.9. The van der Waals surface area contributed by atoms with Crippen LogP contribution in [-0.4, -0.2) is 29.6 Å². The monoisotopic (exact) mass is 299 g/mol. The number of hydrogen-bond acceptors (Lipinski definition) is 3. The second-order valence-corrected chi connectivity index (χ2v) is 5.43. The van der Waals surface area contributed by atoms with E-state index >= 15 is 0 Å². The van der Waals surface area contributed by atoms with Crippen LogP contribution in [0.4, 0.5) is 0 Å². The Morgan fingerprint density at radius 1 is 1.38 bits per heavy atom. The standard InChI is InChI=1S/C17H17NO2S/c1-18(17(20)16-8-10-21-13-16)12-15-7-4-6-14(11-15)5-2-3-9-19/h4,6-8,10-11,13,19H,3,9,12H2,1H3. The molecule has 0 saturated heterocycles. The Labute approximate surface area is 128 Å². The van der Waals surface area contributed by atoms with Gasteiger partial charge in [0.1, 0.15) is 0 Å². The van der Waals surface area contributed by atoms with E-state index < -0.39 is 0 Å². The average Bonchev–Trinajstić information content (AvgIpc) is 3.01. The molecular formula is C17H17NO2S. The molecule has 0 atom stereocenters.